The third-order valence-electron chi connectivity index (χ3n) is 1.17. The standard InChI is InChI=1S/C5H11NO2P.C2H4O/c1-6(2,3-4-7)5-9-8;1-2-3-1/h7H,3-4H2,1-2H3;1-2H2/q+1;. The Morgan fingerprint density at radius 1 is 1.58 bits per heavy atom. The Balaban J connectivity index is 0.000000330. The van der Waals surface area contributed by atoms with Gasteiger partial charge in [0.2, 0.25) is 0 Å². The van der Waals surface area contributed by atoms with Crippen molar-refractivity contribution in [3.05, 3.63) is 0 Å². The van der Waals surface area contributed by atoms with E-state index in [1.54, 1.807) is 0 Å². The van der Waals surface area contributed by atoms with Crippen LogP contribution in [0.3, 0.4) is 0 Å². The van der Waals surface area contributed by atoms with E-state index in [9.17, 15) is 4.57 Å². The number of aliphatic hydroxyl groups is 1. The molecule has 0 radical (unpaired) electrons. The van der Waals surface area contributed by atoms with Crippen molar-refractivity contribution in [2.75, 3.05) is 40.5 Å². The Kier molecular flexibility index (Phi) is 6.35. The van der Waals surface area contributed by atoms with E-state index in [1.807, 2.05) is 14.1 Å². The van der Waals surface area contributed by atoms with E-state index in [2.05, 4.69) is 10.5 Å². The molecule has 1 heterocycles. The molecule has 0 aromatic carbocycles. The van der Waals surface area contributed by atoms with Gasteiger partial charge in [0.1, 0.15) is 0 Å². The van der Waals surface area contributed by atoms with Crippen LogP contribution < -0.4 is 0 Å². The van der Waals surface area contributed by atoms with Crippen LogP contribution >= 0.6 is 7.92 Å². The summed E-state index contributed by atoms with van der Waals surface area (Å²) in [5, 5.41) is 8.47. The quantitative estimate of drug-likeness (QED) is 0.388. The molecule has 1 aliphatic heterocycles. The summed E-state index contributed by atoms with van der Waals surface area (Å²) in [6, 6.07) is 0. The average Bonchev–Trinajstić information content (AvgIpc) is 2.69. The van der Waals surface area contributed by atoms with E-state index >= 15 is 0 Å². The Bertz CT molecular complexity index is 205. The topological polar surface area (TPSA) is 49.8 Å². The molecule has 1 aliphatic rings. The van der Waals surface area contributed by atoms with Gasteiger partial charge in [0, 0.05) is 0 Å². The fourth-order valence-corrected chi connectivity index (χ4v) is 0.732. The fourth-order valence-electron chi connectivity index (χ4n) is 0.411. The number of likely N-dealkylation sites (N-methyl/N-ethyl adjacent to an activating group) is 1. The van der Waals surface area contributed by atoms with Gasteiger partial charge < -0.3 is 4.74 Å². The second kappa shape index (κ2) is 6.41. The summed E-state index contributed by atoms with van der Waals surface area (Å²) in [6.45, 7) is 2.64. The number of ether oxygens (including phenoxy) is 1. The van der Waals surface area contributed by atoms with Crippen molar-refractivity contribution in [2.24, 2.45) is 0 Å². The van der Waals surface area contributed by atoms with Crippen molar-refractivity contribution in [3.8, 4) is 5.75 Å². The van der Waals surface area contributed by atoms with Gasteiger partial charge in [-0.05, 0) is 0 Å². The average molecular weight is 192 g/mol. The Hall–Kier alpha value is -0.110. The Morgan fingerprint density at radius 2 is 2.08 bits per heavy atom. The normalized spacial score (nSPS) is 13.9. The number of epoxide rings is 1. The first-order chi connectivity index (χ1) is 5.62. The predicted octanol–water partition coefficient (Wildman–Crippen LogP) is 0.280. The van der Waals surface area contributed by atoms with Gasteiger partial charge in [0.25, 0.3) is 0 Å². The first-order valence-corrected chi connectivity index (χ1v) is 4.55. The molecule has 0 aromatic rings. The SMILES string of the molecule is C1CO1.C[N+](C)(C#P=O)CCO. The van der Waals surface area contributed by atoms with Crippen LogP contribution in [0.4, 0.5) is 0 Å². The molecule has 0 saturated carbocycles. The summed E-state index contributed by atoms with van der Waals surface area (Å²) in [5.74, 6) is 2.62. The molecule has 0 unspecified atom stereocenters. The molecule has 4 nitrogen and oxygen atoms in total. The van der Waals surface area contributed by atoms with Crippen LogP contribution in [-0.4, -0.2) is 50.1 Å². The molecule has 70 valence electrons. The van der Waals surface area contributed by atoms with E-state index in [0.717, 1.165) is 13.2 Å². The second-order valence-electron chi connectivity index (χ2n) is 2.94. The number of nitrogens with zero attached hydrogens (tertiary/aromatic N) is 1. The third-order valence-corrected chi connectivity index (χ3v) is 1.80. The first kappa shape index (κ1) is 11.9. The molecule has 0 spiro atoms. The zero-order valence-electron chi connectivity index (χ0n) is 7.49. The zero-order chi connectivity index (χ0) is 9.45. The molecule has 0 bridgehead atoms. The van der Waals surface area contributed by atoms with Crippen LogP contribution in [0.2, 0.25) is 0 Å². The van der Waals surface area contributed by atoms with E-state index < -0.39 is 0 Å². The molecule has 0 atom stereocenters. The molecule has 0 aromatic heterocycles. The van der Waals surface area contributed by atoms with Crippen LogP contribution in [0.25, 0.3) is 0 Å². The molecule has 0 aliphatic carbocycles. The minimum absolute atomic E-state index is 0.0928. The summed E-state index contributed by atoms with van der Waals surface area (Å²) in [6.07, 6.45) is 0. The first-order valence-electron chi connectivity index (χ1n) is 3.73. The van der Waals surface area contributed by atoms with Crippen LogP contribution in [0.15, 0.2) is 0 Å². The fraction of sp³-hybridized carbons (Fsp3) is 0.857. The van der Waals surface area contributed by atoms with Crippen molar-refractivity contribution in [1.29, 1.82) is 0 Å². The van der Waals surface area contributed by atoms with Gasteiger partial charge in [-0.15, -0.1) is 0 Å². The van der Waals surface area contributed by atoms with Gasteiger partial charge in [0.05, 0.1) is 13.2 Å². The summed E-state index contributed by atoms with van der Waals surface area (Å²) < 4.78 is 14.8. The second-order valence-corrected chi connectivity index (χ2v) is 3.32. The molecule has 12 heavy (non-hydrogen) atoms. The van der Waals surface area contributed by atoms with Crippen molar-refractivity contribution in [2.45, 2.75) is 0 Å². The summed E-state index contributed by atoms with van der Waals surface area (Å²) in [4.78, 5) is 0. The summed E-state index contributed by atoms with van der Waals surface area (Å²) in [7, 11) is 3.54. The summed E-state index contributed by atoms with van der Waals surface area (Å²) >= 11 is 0. The molecule has 1 fully saturated rings. The number of aliphatic hydroxyl groups excluding tert-OH is 1. The molecular formula is C7H15NO3P+. The Labute approximate surface area is 73.8 Å². The molecule has 5 heteroatoms. The van der Waals surface area contributed by atoms with Gasteiger partial charge in [-0.2, -0.15) is 0 Å². The van der Waals surface area contributed by atoms with Crippen molar-refractivity contribution in [3.63, 3.8) is 0 Å². The maximum absolute atomic E-state index is 9.98. The monoisotopic (exact) mass is 192 g/mol. The van der Waals surface area contributed by atoms with E-state index in [0.29, 0.717) is 11.0 Å². The van der Waals surface area contributed by atoms with Crippen LogP contribution in [0.1, 0.15) is 0 Å². The molecule has 1 rings (SSSR count). The molecule has 0 amide bonds. The zero-order valence-corrected chi connectivity index (χ0v) is 8.38. The molecule has 1 saturated heterocycles. The van der Waals surface area contributed by atoms with Crippen molar-refractivity contribution < 1.29 is 18.9 Å². The predicted molar refractivity (Wildman–Crippen MR) is 46.4 cm³/mol. The van der Waals surface area contributed by atoms with Crippen LogP contribution in [-0.2, 0) is 9.30 Å². The summed E-state index contributed by atoms with van der Waals surface area (Å²) in [5.41, 5.74) is 0. The van der Waals surface area contributed by atoms with E-state index in [-0.39, 0.29) is 14.5 Å². The maximum atomic E-state index is 9.98. The number of quaternary nitrogens is 1. The van der Waals surface area contributed by atoms with E-state index in [4.69, 9.17) is 5.11 Å². The van der Waals surface area contributed by atoms with Crippen LogP contribution in [0, 0.1) is 5.75 Å². The van der Waals surface area contributed by atoms with Gasteiger partial charge >= 0.3 is 55.1 Å². The number of rotatable bonds is 2. The van der Waals surface area contributed by atoms with Gasteiger partial charge in [0.15, 0.2) is 0 Å². The third kappa shape index (κ3) is 9.89. The Morgan fingerprint density at radius 3 is 2.33 bits per heavy atom. The van der Waals surface area contributed by atoms with Gasteiger partial charge in [-0.25, -0.2) is 0 Å². The molecule has 1 N–H and O–H groups in total. The van der Waals surface area contributed by atoms with Gasteiger partial charge in [-0.3, -0.25) is 0 Å². The van der Waals surface area contributed by atoms with E-state index in [1.165, 1.54) is 0 Å². The van der Waals surface area contributed by atoms with Crippen molar-refractivity contribution in [1.82, 2.24) is 0 Å². The van der Waals surface area contributed by atoms with Crippen molar-refractivity contribution >= 4 is 7.92 Å². The van der Waals surface area contributed by atoms with Gasteiger partial charge in [-0.1, -0.05) is 0 Å². The number of hydrogen-bond acceptors (Lipinski definition) is 3. The minimum atomic E-state index is -0.105. The molecular weight excluding hydrogens is 177 g/mol. The number of hydrogen-bond donors (Lipinski definition) is 1. The van der Waals surface area contributed by atoms with Crippen LogP contribution in [0.5, 0.6) is 0 Å².